The summed E-state index contributed by atoms with van der Waals surface area (Å²) in [7, 11) is 0. The molecule has 0 spiro atoms. The molecule has 0 aromatic carbocycles. The minimum atomic E-state index is -0.896. The highest BCUT2D eigenvalue weighted by atomic mass is 16.4. The van der Waals surface area contributed by atoms with Gasteiger partial charge in [0.05, 0.1) is 12.3 Å². The number of carbonyl (C=O) groups excluding carboxylic acids is 1. The third-order valence-electron chi connectivity index (χ3n) is 2.80. The fraction of sp³-hybridized carbons (Fsp3) is 0.818. The second-order valence-electron chi connectivity index (χ2n) is 4.22. The van der Waals surface area contributed by atoms with E-state index < -0.39 is 5.97 Å². The first-order valence-corrected chi connectivity index (χ1v) is 5.59. The molecule has 94 valence electrons. The highest BCUT2D eigenvalue weighted by Crippen LogP contribution is 2.11. The number of hydrogen-bond donors (Lipinski definition) is 2. The Morgan fingerprint density at radius 2 is 1.81 bits per heavy atom. The maximum absolute atomic E-state index is 12.0. The predicted molar refractivity (Wildman–Crippen MR) is 61.9 cm³/mol. The van der Waals surface area contributed by atoms with Crippen LogP contribution in [0.15, 0.2) is 0 Å². The van der Waals surface area contributed by atoms with Crippen molar-refractivity contribution in [2.75, 3.05) is 6.54 Å². The first-order chi connectivity index (χ1) is 7.31. The van der Waals surface area contributed by atoms with Crippen LogP contribution in [0.5, 0.6) is 0 Å². The van der Waals surface area contributed by atoms with Gasteiger partial charge in [0.1, 0.15) is 0 Å². The summed E-state index contributed by atoms with van der Waals surface area (Å²) in [5.74, 6) is -1.25. The minimum Gasteiger partial charge on any atom is -0.481 e. The zero-order valence-corrected chi connectivity index (χ0v) is 10.4. The van der Waals surface area contributed by atoms with Crippen molar-refractivity contribution in [1.29, 1.82) is 0 Å². The fourth-order valence-corrected chi connectivity index (χ4v) is 1.53. The number of amides is 1. The lowest BCUT2D eigenvalue weighted by molar-refractivity contribution is -0.142. The second kappa shape index (κ2) is 6.48. The number of nitrogens with two attached hydrogens (primary N) is 1. The molecule has 0 saturated carbocycles. The van der Waals surface area contributed by atoms with Gasteiger partial charge in [-0.25, -0.2) is 0 Å². The van der Waals surface area contributed by atoms with E-state index in [1.807, 2.05) is 6.92 Å². The highest BCUT2D eigenvalue weighted by Gasteiger charge is 2.26. The largest absolute Gasteiger partial charge is 0.481 e. The van der Waals surface area contributed by atoms with Crippen LogP contribution >= 0.6 is 0 Å². The van der Waals surface area contributed by atoms with Crippen LogP contribution in [0.1, 0.15) is 34.1 Å². The smallest absolute Gasteiger partial charge is 0.305 e. The summed E-state index contributed by atoms with van der Waals surface area (Å²) in [5, 5.41) is 8.70. The molecular formula is C11H22N2O3. The molecule has 5 nitrogen and oxygen atoms in total. The van der Waals surface area contributed by atoms with E-state index in [0.29, 0.717) is 6.54 Å². The van der Waals surface area contributed by atoms with Gasteiger partial charge in [-0.05, 0) is 20.8 Å². The summed E-state index contributed by atoms with van der Waals surface area (Å²) in [4.78, 5) is 24.2. The van der Waals surface area contributed by atoms with Crippen LogP contribution in [0.25, 0.3) is 0 Å². The fourth-order valence-electron chi connectivity index (χ4n) is 1.53. The van der Waals surface area contributed by atoms with Crippen LogP contribution in [0.2, 0.25) is 0 Å². The van der Waals surface area contributed by atoms with Gasteiger partial charge in [-0.15, -0.1) is 0 Å². The normalized spacial score (nSPS) is 16.3. The Morgan fingerprint density at radius 3 is 2.12 bits per heavy atom. The molecular weight excluding hydrogens is 208 g/mol. The van der Waals surface area contributed by atoms with Gasteiger partial charge in [-0.2, -0.15) is 0 Å². The number of carbonyl (C=O) groups is 2. The lowest BCUT2D eigenvalue weighted by Crippen LogP contribution is -2.46. The van der Waals surface area contributed by atoms with Gasteiger partial charge in [0.2, 0.25) is 5.91 Å². The van der Waals surface area contributed by atoms with Crippen molar-refractivity contribution in [3.8, 4) is 0 Å². The summed E-state index contributed by atoms with van der Waals surface area (Å²) in [6.07, 6.45) is -0.0365. The van der Waals surface area contributed by atoms with Gasteiger partial charge in [0.15, 0.2) is 0 Å². The van der Waals surface area contributed by atoms with E-state index in [1.54, 1.807) is 25.7 Å². The van der Waals surface area contributed by atoms with Gasteiger partial charge in [0, 0.05) is 18.6 Å². The Labute approximate surface area is 96.6 Å². The number of rotatable bonds is 6. The molecule has 3 atom stereocenters. The van der Waals surface area contributed by atoms with Crippen LogP contribution in [-0.4, -0.2) is 40.5 Å². The van der Waals surface area contributed by atoms with Crippen LogP contribution in [0.4, 0.5) is 0 Å². The van der Waals surface area contributed by atoms with Gasteiger partial charge >= 0.3 is 5.97 Å². The summed E-state index contributed by atoms with van der Waals surface area (Å²) in [6.45, 7) is 7.62. The Kier molecular flexibility index (Phi) is 6.03. The SMILES string of the molecule is CCN(C(=O)C(C)C(C)N)C(C)CC(=O)O. The third-order valence-corrected chi connectivity index (χ3v) is 2.80. The lowest BCUT2D eigenvalue weighted by Gasteiger charge is -2.30. The summed E-state index contributed by atoms with van der Waals surface area (Å²) in [6, 6.07) is -0.519. The van der Waals surface area contributed by atoms with E-state index in [4.69, 9.17) is 10.8 Å². The molecule has 0 aliphatic rings. The maximum Gasteiger partial charge on any atom is 0.305 e. The maximum atomic E-state index is 12.0. The van der Waals surface area contributed by atoms with E-state index in [2.05, 4.69) is 0 Å². The van der Waals surface area contributed by atoms with Crippen molar-refractivity contribution < 1.29 is 14.7 Å². The predicted octanol–water partition coefficient (Wildman–Crippen LogP) is 0.681. The zero-order chi connectivity index (χ0) is 12.9. The molecule has 0 rings (SSSR count). The Morgan fingerprint density at radius 1 is 1.31 bits per heavy atom. The molecule has 1 amide bonds. The molecule has 5 heteroatoms. The molecule has 0 saturated heterocycles. The monoisotopic (exact) mass is 230 g/mol. The van der Waals surface area contributed by atoms with Crippen LogP contribution in [-0.2, 0) is 9.59 Å². The first kappa shape index (κ1) is 14.9. The summed E-state index contributed by atoms with van der Waals surface area (Å²) >= 11 is 0. The number of carboxylic acids is 1. The third kappa shape index (κ3) is 4.18. The summed E-state index contributed by atoms with van der Waals surface area (Å²) < 4.78 is 0. The van der Waals surface area contributed by atoms with Gasteiger partial charge in [-0.1, -0.05) is 6.92 Å². The number of hydrogen-bond acceptors (Lipinski definition) is 3. The van der Waals surface area contributed by atoms with E-state index >= 15 is 0 Å². The molecule has 16 heavy (non-hydrogen) atoms. The molecule has 3 N–H and O–H groups in total. The Bertz CT molecular complexity index is 254. The second-order valence-corrected chi connectivity index (χ2v) is 4.22. The standard InChI is InChI=1S/C11H22N2O3/c1-5-13(7(2)6-10(14)15)11(16)8(3)9(4)12/h7-9H,5-6,12H2,1-4H3,(H,14,15). The highest BCUT2D eigenvalue weighted by molar-refractivity contribution is 5.80. The Hall–Kier alpha value is -1.10. The molecule has 0 fully saturated rings. The molecule has 0 bridgehead atoms. The Balaban J connectivity index is 4.59. The van der Waals surface area contributed by atoms with Crippen LogP contribution < -0.4 is 5.73 Å². The molecule has 0 heterocycles. The minimum absolute atomic E-state index is 0.0365. The van der Waals surface area contributed by atoms with E-state index in [0.717, 1.165) is 0 Å². The van der Waals surface area contributed by atoms with E-state index in [1.165, 1.54) is 0 Å². The average molecular weight is 230 g/mol. The van der Waals surface area contributed by atoms with Crippen molar-refractivity contribution in [1.82, 2.24) is 4.90 Å². The van der Waals surface area contributed by atoms with Gasteiger partial charge < -0.3 is 15.7 Å². The quantitative estimate of drug-likeness (QED) is 0.703. The van der Waals surface area contributed by atoms with Gasteiger partial charge in [-0.3, -0.25) is 9.59 Å². The molecule has 0 aliphatic carbocycles. The zero-order valence-electron chi connectivity index (χ0n) is 10.4. The molecule has 3 unspecified atom stereocenters. The number of carboxylic acid groups (broad SMARTS) is 1. The average Bonchev–Trinajstić information content (AvgIpc) is 2.16. The van der Waals surface area contributed by atoms with Crippen molar-refractivity contribution >= 4 is 11.9 Å². The van der Waals surface area contributed by atoms with Crippen molar-refractivity contribution in [2.24, 2.45) is 11.7 Å². The lowest BCUT2D eigenvalue weighted by atomic mass is 10.0. The molecule has 0 aromatic rings. The number of aliphatic carboxylic acids is 1. The number of nitrogens with zero attached hydrogens (tertiary/aromatic N) is 1. The van der Waals surface area contributed by atoms with Crippen molar-refractivity contribution in [3.63, 3.8) is 0 Å². The van der Waals surface area contributed by atoms with E-state index in [9.17, 15) is 9.59 Å². The van der Waals surface area contributed by atoms with E-state index in [-0.39, 0.29) is 30.3 Å². The van der Waals surface area contributed by atoms with Crippen molar-refractivity contribution in [3.05, 3.63) is 0 Å². The molecule has 0 radical (unpaired) electrons. The van der Waals surface area contributed by atoms with Crippen LogP contribution in [0.3, 0.4) is 0 Å². The first-order valence-electron chi connectivity index (χ1n) is 5.59. The molecule has 0 aliphatic heterocycles. The topological polar surface area (TPSA) is 83.6 Å². The van der Waals surface area contributed by atoms with Gasteiger partial charge in [0.25, 0.3) is 0 Å². The molecule has 0 aromatic heterocycles. The van der Waals surface area contributed by atoms with Crippen LogP contribution in [0, 0.1) is 5.92 Å². The van der Waals surface area contributed by atoms with Crippen molar-refractivity contribution in [2.45, 2.75) is 46.2 Å². The summed E-state index contributed by atoms with van der Waals surface area (Å²) in [5.41, 5.74) is 5.67.